The molecule has 1 heterocycles. The number of carboxylic acid groups (broad SMARTS) is 1. The number of carbonyl (C=O) groups is 2. The van der Waals surface area contributed by atoms with Crippen LogP contribution in [0.1, 0.15) is 33.6 Å². The first-order chi connectivity index (χ1) is 8.43. The number of urea groups is 1. The van der Waals surface area contributed by atoms with Crippen molar-refractivity contribution >= 4 is 12.0 Å². The number of hydrogen-bond acceptors (Lipinski definition) is 3. The molecule has 0 spiro atoms. The van der Waals surface area contributed by atoms with E-state index in [1.54, 1.807) is 4.90 Å². The van der Waals surface area contributed by atoms with E-state index >= 15 is 0 Å². The number of rotatable bonds is 4. The summed E-state index contributed by atoms with van der Waals surface area (Å²) in [5, 5.41) is 11.6. The molecule has 2 amide bonds. The first-order valence-electron chi connectivity index (χ1n) is 6.37. The van der Waals surface area contributed by atoms with Crippen LogP contribution in [0.2, 0.25) is 0 Å². The van der Waals surface area contributed by atoms with Gasteiger partial charge < -0.3 is 20.1 Å². The lowest BCUT2D eigenvalue weighted by Crippen LogP contribution is -2.54. The van der Waals surface area contributed by atoms with Gasteiger partial charge in [-0.25, -0.2) is 9.59 Å². The van der Waals surface area contributed by atoms with E-state index in [4.69, 9.17) is 9.84 Å². The Labute approximate surface area is 107 Å². The van der Waals surface area contributed by atoms with Gasteiger partial charge in [-0.15, -0.1) is 0 Å². The smallest absolute Gasteiger partial charge is 0.326 e. The van der Waals surface area contributed by atoms with E-state index in [2.05, 4.69) is 5.32 Å². The van der Waals surface area contributed by atoms with Gasteiger partial charge in [0.1, 0.15) is 6.04 Å². The van der Waals surface area contributed by atoms with Crippen LogP contribution in [-0.4, -0.2) is 53.3 Å². The number of nitrogens with one attached hydrogen (secondary N) is 1. The predicted molar refractivity (Wildman–Crippen MR) is 66.4 cm³/mol. The molecule has 1 aliphatic rings. The van der Waals surface area contributed by atoms with Gasteiger partial charge in [0.25, 0.3) is 0 Å². The number of amides is 2. The first kappa shape index (κ1) is 14.8. The van der Waals surface area contributed by atoms with Crippen LogP contribution >= 0.6 is 0 Å². The normalized spacial score (nSPS) is 25.6. The number of morpholine rings is 1. The molecule has 0 aliphatic carbocycles. The number of ether oxygens (including phenoxy) is 1. The molecular formula is C12H22N2O4. The minimum absolute atomic E-state index is 0.0195. The molecule has 18 heavy (non-hydrogen) atoms. The maximum absolute atomic E-state index is 12.0. The van der Waals surface area contributed by atoms with Gasteiger partial charge in [-0.1, -0.05) is 13.3 Å². The molecule has 0 aromatic carbocycles. The summed E-state index contributed by atoms with van der Waals surface area (Å²) in [7, 11) is 0. The van der Waals surface area contributed by atoms with Crippen molar-refractivity contribution in [3.05, 3.63) is 0 Å². The maximum Gasteiger partial charge on any atom is 0.326 e. The van der Waals surface area contributed by atoms with Crippen LogP contribution in [0.15, 0.2) is 0 Å². The molecule has 3 atom stereocenters. The summed E-state index contributed by atoms with van der Waals surface area (Å²) >= 11 is 0. The van der Waals surface area contributed by atoms with Crippen molar-refractivity contribution in [2.45, 2.75) is 51.9 Å². The Hall–Kier alpha value is -1.30. The topological polar surface area (TPSA) is 78.9 Å². The Morgan fingerprint density at radius 2 is 1.94 bits per heavy atom. The van der Waals surface area contributed by atoms with Crippen LogP contribution in [0.4, 0.5) is 4.79 Å². The predicted octanol–water partition coefficient (Wildman–Crippen LogP) is 1.06. The lowest BCUT2D eigenvalue weighted by Gasteiger charge is -2.35. The quantitative estimate of drug-likeness (QED) is 0.790. The van der Waals surface area contributed by atoms with Gasteiger partial charge in [0.15, 0.2) is 0 Å². The highest BCUT2D eigenvalue weighted by Crippen LogP contribution is 2.11. The molecule has 0 radical (unpaired) electrons. The number of carbonyl (C=O) groups excluding carboxylic acids is 1. The summed E-state index contributed by atoms with van der Waals surface area (Å²) in [4.78, 5) is 24.6. The summed E-state index contributed by atoms with van der Waals surface area (Å²) in [5.41, 5.74) is 0. The monoisotopic (exact) mass is 258 g/mol. The molecule has 0 bridgehead atoms. The van der Waals surface area contributed by atoms with Gasteiger partial charge in [0.05, 0.1) is 12.2 Å². The highest BCUT2D eigenvalue weighted by Gasteiger charge is 2.28. The molecule has 0 aromatic heterocycles. The van der Waals surface area contributed by atoms with Crippen LogP contribution < -0.4 is 5.32 Å². The van der Waals surface area contributed by atoms with Crippen LogP contribution in [-0.2, 0) is 9.53 Å². The van der Waals surface area contributed by atoms with Crippen LogP contribution in [0.25, 0.3) is 0 Å². The van der Waals surface area contributed by atoms with E-state index < -0.39 is 12.0 Å². The molecule has 1 aliphatic heterocycles. The Morgan fingerprint density at radius 1 is 1.39 bits per heavy atom. The van der Waals surface area contributed by atoms with Gasteiger partial charge in [0.2, 0.25) is 0 Å². The number of hydrogen-bond donors (Lipinski definition) is 2. The van der Waals surface area contributed by atoms with E-state index in [1.165, 1.54) is 0 Å². The van der Waals surface area contributed by atoms with E-state index in [-0.39, 0.29) is 18.2 Å². The summed E-state index contributed by atoms with van der Waals surface area (Å²) in [6.45, 7) is 6.68. The highest BCUT2D eigenvalue weighted by atomic mass is 16.5. The molecule has 1 saturated heterocycles. The minimum Gasteiger partial charge on any atom is -0.480 e. The van der Waals surface area contributed by atoms with Gasteiger partial charge >= 0.3 is 12.0 Å². The largest absolute Gasteiger partial charge is 0.480 e. The molecule has 0 aromatic rings. The van der Waals surface area contributed by atoms with Crippen molar-refractivity contribution in [1.82, 2.24) is 10.2 Å². The minimum atomic E-state index is -0.987. The van der Waals surface area contributed by atoms with E-state index in [1.807, 2.05) is 20.8 Å². The average molecular weight is 258 g/mol. The lowest BCUT2D eigenvalue weighted by molar-refractivity contribution is -0.139. The van der Waals surface area contributed by atoms with E-state index in [0.29, 0.717) is 25.9 Å². The fourth-order valence-electron chi connectivity index (χ4n) is 2.13. The zero-order valence-electron chi connectivity index (χ0n) is 11.2. The third kappa shape index (κ3) is 4.18. The summed E-state index contributed by atoms with van der Waals surface area (Å²) < 4.78 is 5.53. The van der Waals surface area contributed by atoms with Crippen molar-refractivity contribution in [3.8, 4) is 0 Å². The van der Waals surface area contributed by atoms with Crippen molar-refractivity contribution < 1.29 is 19.4 Å². The number of carboxylic acids is 1. The van der Waals surface area contributed by atoms with Gasteiger partial charge in [0, 0.05) is 13.1 Å². The second-order valence-corrected chi connectivity index (χ2v) is 4.79. The Kier molecular flexibility index (Phi) is 5.40. The molecule has 0 saturated carbocycles. The average Bonchev–Trinajstić information content (AvgIpc) is 2.26. The van der Waals surface area contributed by atoms with Crippen LogP contribution in [0, 0.1) is 0 Å². The molecular weight excluding hydrogens is 236 g/mol. The maximum atomic E-state index is 12.0. The fraction of sp³-hybridized carbons (Fsp3) is 0.833. The molecule has 6 heteroatoms. The van der Waals surface area contributed by atoms with Crippen molar-refractivity contribution in [2.75, 3.05) is 13.1 Å². The molecule has 2 N–H and O–H groups in total. The Morgan fingerprint density at radius 3 is 2.39 bits per heavy atom. The molecule has 1 fully saturated rings. The first-order valence-corrected chi connectivity index (χ1v) is 6.37. The second-order valence-electron chi connectivity index (χ2n) is 4.79. The van der Waals surface area contributed by atoms with E-state index in [9.17, 15) is 9.59 Å². The molecule has 104 valence electrons. The fourth-order valence-corrected chi connectivity index (χ4v) is 2.13. The third-order valence-corrected chi connectivity index (χ3v) is 2.88. The zero-order valence-corrected chi connectivity index (χ0v) is 11.2. The van der Waals surface area contributed by atoms with Crippen molar-refractivity contribution in [3.63, 3.8) is 0 Å². The van der Waals surface area contributed by atoms with Crippen molar-refractivity contribution in [2.24, 2.45) is 0 Å². The molecule has 1 unspecified atom stereocenters. The Balaban J connectivity index is 2.55. The van der Waals surface area contributed by atoms with Gasteiger partial charge in [-0.2, -0.15) is 0 Å². The molecule has 1 rings (SSSR count). The zero-order chi connectivity index (χ0) is 13.7. The SMILES string of the molecule is CCCC(NC(=O)N1C[C@@H](C)O[C@@H](C)C1)C(=O)O. The Bertz CT molecular complexity index is 298. The van der Waals surface area contributed by atoms with Gasteiger partial charge in [-0.05, 0) is 20.3 Å². The summed E-state index contributed by atoms with van der Waals surface area (Å²) in [6, 6.07) is -1.13. The lowest BCUT2D eigenvalue weighted by atomic mass is 10.1. The van der Waals surface area contributed by atoms with Crippen LogP contribution in [0.5, 0.6) is 0 Å². The summed E-state index contributed by atoms with van der Waals surface area (Å²) in [5.74, 6) is -0.987. The van der Waals surface area contributed by atoms with Gasteiger partial charge in [-0.3, -0.25) is 0 Å². The third-order valence-electron chi connectivity index (χ3n) is 2.88. The molecule has 6 nitrogen and oxygen atoms in total. The van der Waals surface area contributed by atoms with Crippen LogP contribution in [0.3, 0.4) is 0 Å². The van der Waals surface area contributed by atoms with E-state index in [0.717, 1.165) is 0 Å². The highest BCUT2D eigenvalue weighted by molar-refractivity contribution is 5.82. The summed E-state index contributed by atoms with van der Waals surface area (Å²) in [6.07, 6.45) is 1.12. The second kappa shape index (κ2) is 6.58. The standard InChI is InChI=1S/C12H22N2O4/c1-4-5-10(11(15)16)13-12(17)14-6-8(2)18-9(3)7-14/h8-10H,4-7H2,1-3H3,(H,13,17)(H,15,16)/t8-,9+,10?. The number of nitrogens with zero attached hydrogens (tertiary/aromatic N) is 1. The number of aliphatic carboxylic acids is 1. The van der Waals surface area contributed by atoms with Crippen molar-refractivity contribution in [1.29, 1.82) is 0 Å².